The molecule has 2 aliphatic rings. The van der Waals surface area contributed by atoms with Crippen LogP contribution in [0.4, 0.5) is 0 Å². The molecule has 0 radical (unpaired) electrons. The fourth-order valence-corrected chi connectivity index (χ4v) is 3.89. The Kier molecular flexibility index (Phi) is 4.15. The number of rotatable bonds is 2. The lowest BCUT2D eigenvalue weighted by Crippen LogP contribution is -2.40. The molecule has 0 spiro atoms. The van der Waals surface area contributed by atoms with Gasteiger partial charge in [-0.15, -0.1) is 11.8 Å². The lowest BCUT2D eigenvalue weighted by molar-refractivity contribution is -0.130. The van der Waals surface area contributed by atoms with E-state index in [1.807, 2.05) is 11.8 Å². The summed E-state index contributed by atoms with van der Waals surface area (Å²) in [7, 11) is 0. The number of carbonyl (C=O) groups excluding carboxylic acids is 2. The predicted molar refractivity (Wildman–Crippen MR) is 74.4 cm³/mol. The zero-order valence-electron chi connectivity index (χ0n) is 11.4. The number of nitrogens with zero attached hydrogens (tertiary/aromatic N) is 1. The van der Waals surface area contributed by atoms with Crippen molar-refractivity contribution < 1.29 is 9.59 Å². The molecule has 1 unspecified atom stereocenters. The van der Waals surface area contributed by atoms with Crippen molar-refractivity contribution in [3.63, 3.8) is 0 Å². The summed E-state index contributed by atoms with van der Waals surface area (Å²) < 4.78 is 0. The third kappa shape index (κ3) is 2.48. The topological polar surface area (TPSA) is 37.4 Å². The minimum Gasteiger partial charge on any atom is -0.326 e. The molecule has 1 fully saturated rings. The molecule has 1 amide bonds. The molecule has 1 saturated carbocycles. The van der Waals surface area contributed by atoms with E-state index in [0.717, 1.165) is 24.3 Å². The summed E-state index contributed by atoms with van der Waals surface area (Å²) in [6.07, 6.45) is 4.58. The molecule has 1 atom stereocenters. The van der Waals surface area contributed by atoms with Crippen molar-refractivity contribution in [1.29, 1.82) is 0 Å². The summed E-state index contributed by atoms with van der Waals surface area (Å²) in [5.41, 5.74) is 1.37. The van der Waals surface area contributed by atoms with Crippen LogP contribution in [0, 0.1) is 0 Å². The predicted octanol–water partition coefficient (Wildman–Crippen LogP) is 2.76. The molecule has 0 aromatic heterocycles. The van der Waals surface area contributed by atoms with Crippen LogP contribution in [-0.4, -0.2) is 33.8 Å². The summed E-state index contributed by atoms with van der Waals surface area (Å²) in [5.74, 6) is 0.595. The highest BCUT2D eigenvalue weighted by Gasteiger charge is 2.34. The van der Waals surface area contributed by atoms with Gasteiger partial charge in [0.05, 0.1) is 11.4 Å². The van der Waals surface area contributed by atoms with Crippen LogP contribution in [0.3, 0.4) is 0 Å². The minimum absolute atomic E-state index is 0.0382. The highest BCUT2D eigenvalue weighted by Crippen LogP contribution is 2.33. The van der Waals surface area contributed by atoms with Gasteiger partial charge in [-0.3, -0.25) is 9.59 Å². The lowest BCUT2D eigenvalue weighted by atomic mass is 10.0. The second-order valence-corrected chi connectivity index (χ2v) is 6.56. The van der Waals surface area contributed by atoms with Crippen LogP contribution in [-0.2, 0) is 9.59 Å². The van der Waals surface area contributed by atoms with Crippen LogP contribution in [0.25, 0.3) is 0 Å². The molecule has 18 heavy (non-hydrogen) atoms. The molecule has 2 rings (SSSR count). The molecule has 0 bridgehead atoms. The van der Waals surface area contributed by atoms with Gasteiger partial charge in [0, 0.05) is 11.3 Å². The Balaban J connectivity index is 2.31. The number of amides is 1. The maximum atomic E-state index is 12.6. The van der Waals surface area contributed by atoms with Crippen molar-refractivity contribution in [2.24, 2.45) is 0 Å². The van der Waals surface area contributed by atoms with E-state index in [9.17, 15) is 9.59 Å². The molecule has 1 aliphatic heterocycles. The van der Waals surface area contributed by atoms with Gasteiger partial charge < -0.3 is 4.90 Å². The first-order valence-corrected chi connectivity index (χ1v) is 7.71. The van der Waals surface area contributed by atoms with Gasteiger partial charge in [0.25, 0.3) is 5.91 Å². The van der Waals surface area contributed by atoms with E-state index in [0.29, 0.717) is 11.6 Å². The molecule has 0 saturated heterocycles. The summed E-state index contributed by atoms with van der Waals surface area (Å²) >= 11 is 1.76. The standard InChI is InChI=1S/C14H21NO2S/c1-9-11(3)18-8-15(12-6-4-5-7-12)14(17)13(9)10(2)16/h11-12H,4-8H2,1-3H3. The van der Waals surface area contributed by atoms with Crippen LogP contribution in [0.5, 0.6) is 0 Å². The average Bonchev–Trinajstić information content (AvgIpc) is 2.78. The van der Waals surface area contributed by atoms with E-state index in [1.54, 1.807) is 11.8 Å². The summed E-state index contributed by atoms with van der Waals surface area (Å²) in [5, 5.41) is 0.249. The van der Waals surface area contributed by atoms with E-state index in [1.165, 1.54) is 19.8 Å². The first kappa shape index (κ1) is 13.7. The fourth-order valence-electron chi connectivity index (χ4n) is 2.81. The van der Waals surface area contributed by atoms with Gasteiger partial charge >= 0.3 is 0 Å². The minimum atomic E-state index is -0.0881. The Morgan fingerprint density at radius 3 is 2.50 bits per heavy atom. The normalized spacial score (nSPS) is 26.7. The van der Waals surface area contributed by atoms with Crippen LogP contribution in [0.1, 0.15) is 46.5 Å². The number of hydrogen-bond acceptors (Lipinski definition) is 3. The summed E-state index contributed by atoms with van der Waals surface area (Å²) in [4.78, 5) is 26.3. The molecular formula is C14H21NO2S. The molecule has 0 aromatic carbocycles. The Hall–Kier alpha value is -0.770. The first-order chi connectivity index (χ1) is 8.52. The first-order valence-electron chi connectivity index (χ1n) is 6.66. The van der Waals surface area contributed by atoms with Crippen molar-refractivity contribution in [1.82, 2.24) is 4.90 Å². The SMILES string of the molecule is CC(=O)C1=C(C)C(C)SCN(C2CCCC2)C1=O. The van der Waals surface area contributed by atoms with Crippen molar-refractivity contribution in [2.75, 3.05) is 5.88 Å². The van der Waals surface area contributed by atoms with Gasteiger partial charge in [-0.1, -0.05) is 12.8 Å². The molecule has 1 aliphatic carbocycles. The number of ketones is 1. The molecule has 0 aromatic rings. The maximum Gasteiger partial charge on any atom is 0.258 e. The maximum absolute atomic E-state index is 12.6. The van der Waals surface area contributed by atoms with Crippen molar-refractivity contribution in [3.05, 3.63) is 11.1 Å². The molecule has 4 heteroatoms. The average molecular weight is 267 g/mol. The molecule has 3 nitrogen and oxygen atoms in total. The van der Waals surface area contributed by atoms with Gasteiger partial charge in [-0.25, -0.2) is 0 Å². The summed E-state index contributed by atoms with van der Waals surface area (Å²) in [6, 6.07) is 0.345. The van der Waals surface area contributed by atoms with Gasteiger partial charge in [0.2, 0.25) is 0 Å². The van der Waals surface area contributed by atoms with E-state index in [4.69, 9.17) is 0 Å². The Bertz CT molecular complexity index is 397. The van der Waals surface area contributed by atoms with Crippen LogP contribution in [0.15, 0.2) is 11.1 Å². The van der Waals surface area contributed by atoms with Crippen LogP contribution < -0.4 is 0 Å². The second kappa shape index (κ2) is 5.47. The zero-order valence-corrected chi connectivity index (χ0v) is 12.2. The van der Waals surface area contributed by atoms with Gasteiger partial charge in [-0.05, 0) is 39.2 Å². The van der Waals surface area contributed by atoms with E-state index in [-0.39, 0.29) is 16.9 Å². The van der Waals surface area contributed by atoms with E-state index in [2.05, 4.69) is 6.92 Å². The third-order valence-electron chi connectivity index (χ3n) is 4.06. The van der Waals surface area contributed by atoms with Gasteiger partial charge in [0.15, 0.2) is 5.78 Å². The Morgan fingerprint density at radius 1 is 1.33 bits per heavy atom. The summed E-state index contributed by atoms with van der Waals surface area (Å²) in [6.45, 7) is 5.51. The van der Waals surface area contributed by atoms with E-state index < -0.39 is 0 Å². The largest absolute Gasteiger partial charge is 0.326 e. The third-order valence-corrected chi connectivity index (χ3v) is 5.34. The van der Waals surface area contributed by atoms with Gasteiger partial charge in [-0.2, -0.15) is 0 Å². The zero-order chi connectivity index (χ0) is 13.3. The second-order valence-electron chi connectivity index (χ2n) is 5.27. The highest BCUT2D eigenvalue weighted by molar-refractivity contribution is 8.00. The Labute approximate surface area is 113 Å². The van der Waals surface area contributed by atoms with Crippen LogP contribution >= 0.6 is 11.8 Å². The molecule has 100 valence electrons. The van der Waals surface area contributed by atoms with E-state index >= 15 is 0 Å². The number of carbonyl (C=O) groups is 2. The highest BCUT2D eigenvalue weighted by atomic mass is 32.2. The monoisotopic (exact) mass is 267 g/mol. The fraction of sp³-hybridized carbons (Fsp3) is 0.714. The molecule has 0 N–H and O–H groups in total. The molecule has 1 heterocycles. The quantitative estimate of drug-likeness (QED) is 0.722. The Morgan fingerprint density at radius 2 is 1.94 bits per heavy atom. The molecular weight excluding hydrogens is 246 g/mol. The van der Waals surface area contributed by atoms with Crippen molar-refractivity contribution in [3.8, 4) is 0 Å². The van der Waals surface area contributed by atoms with Gasteiger partial charge in [0.1, 0.15) is 0 Å². The number of thioether (sulfide) groups is 1. The number of hydrogen-bond donors (Lipinski definition) is 0. The smallest absolute Gasteiger partial charge is 0.258 e. The van der Waals surface area contributed by atoms with Crippen LogP contribution in [0.2, 0.25) is 0 Å². The lowest BCUT2D eigenvalue weighted by Gasteiger charge is -2.27. The van der Waals surface area contributed by atoms with Crippen molar-refractivity contribution in [2.45, 2.75) is 57.7 Å². The number of Topliss-reactive ketones (excluding diaryl/α,β-unsaturated/α-hetero) is 1. The van der Waals surface area contributed by atoms with Crippen molar-refractivity contribution >= 4 is 23.5 Å².